The van der Waals surface area contributed by atoms with Gasteiger partial charge in [-0.3, -0.25) is 4.79 Å². The Kier molecular flexibility index (Phi) is 5.77. The molecule has 88 valence electrons. The normalized spacial score (nSPS) is 9.88. The summed E-state index contributed by atoms with van der Waals surface area (Å²) in [5, 5.41) is 3.02. The lowest BCUT2D eigenvalue weighted by molar-refractivity contribution is -0.143. The lowest BCUT2D eigenvalue weighted by Gasteiger charge is -2.04. The molecule has 0 aliphatic carbocycles. The standard InChI is InChI=1S/C10H14BrN3O2/c1-2-16-9(15)4-3-5-12-10-13-6-8(11)7-14-10/h6-7H,2-5H2,1H3,(H,12,13,14). The minimum atomic E-state index is -0.166. The van der Waals surface area contributed by atoms with Gasteiger partial charge in [-0.15, -0.1) is 0 Å². The monoisotopic (exact) mass is 287 g/mol. The zero-order valence-electron chi connectivity index (χ0n) is 9.07. The third-order valence-corrected chi connectivity index (χ3v) is 2.18. The molecular weight excluding hydrogens is 274 g/mol. The zero-order chi connectivity index (χ0) is 11.8. The van der Waals surface area contributed by atoms with Crippen molar-refractivity contribution in [3.8, 4) is 0 Å². The van der Waals surface area contributed by atoms with E-state index in [1.807, 2.05) is 0 Å². The topological polar surface area (TPSA) is 64.1 Å². The Bertz CT molecular complexity index is 329. The summed E-state index contributed by atoms with van der Waals surface area (Å²) in [7, 11) is 0. The van der Waals surface area contributed by atoms with Crippen molar-refractivity contribution in [1.82, 2.24) is 9.97 Å². The Morgan fingerprint density at radius 3 is 2.81 bits per heavy atom. The first-order chi connectivity index (χ1) is 7.72. The Morgan fingerprint density at radius 1 is 1.50 bits per heavy atom. The van der Waals surface area contributed by atoms with E-state index in [1.54, 1.807) is 19.3 Å². The number of hydrogen-bond donors (Lipinski definition) is 1. The van der Waals surface area contributed by atoms with Crippen molar-refractivity contribution in [3.05, 3.63) is 16.9 Å². The molecule has 1 aromatic heterocycles. The maximum Gasteiger partial charge on any atom is 0.305 e. The third kappa shape index (κ3) is 5.06. The number of aromatic nitrogens is 2. The van der Waals surface area contributed by atoms with Gasteiger partial charge in [-0.2, -0.15) is 0 Å². The molecule has 0 radical (unpaired) electrons. The first-order valence-electron chi connectivity index (χ1n) is 5.09. The number of esters is 1. The molecule has 1 aromatic rings. The molecule has 1 heterocycles. The number of carbonyl (C=O) groups is 1. The van der Waals surface area contributed by atoms with Gasteiger partial charge in [0.2, 0.25) is 5.95 Å². The van der Waals surface area contributed by atoms with Crippen molar-refractivity contribution in [2.45, 2.75) is 19.8 Å². The maximum absolute atomic E-state index is 11.0. The lowest BCUT2D eigenvalue weighted by atomic mass is 10.3. The van der Waals surface area contributed by atoms with Crippen molar-refractivity contribution in [2.75, 3.05) is 18.5 Å². The van der Waals surface area contributed by atoms with Gasteiger partial charge in [0.15, 0.2) is 0 Å². The van der Waals surface area contributed by atoms with Crippen molar-refractivity contribution in [3.63, 3.8) is 0 Å². The van der Waals surface area contributed by atoms with E-state index in [2.05, 4.69) is 31.2 Å². The van der Waals surface area contributed by atoms with Crippen LogP contribution in [-0.2, 0) is 9.53 Å². The number of anilines is 1. The molecule has 16 heavy (non-hydrogen) atoms. The van der Waals surface area contributed by atoms with E-state index < -0.39 is 0 Å². The average Bonchev–Trinajstić information content (AvgIpc) is 2.27. The highest BCUT2D eigenvalue weighted by atomic mass is 79.9. The van der Waals surface area contributed by atoms with Gasteiger partial charge in [-0.05, 0) is 29.3 Å². The molecule has 0 saturated carbocycles. The van der Waals surface area contributed by atoms with E-state index in [0.717, 1.165) is 4.47 Å². The van der Waals surface area contributed by atoms with E-state index in [1.165, 1.54) is 0 Å². The fraction of sp³-hybridized carbons (Fsp3) is 0.500. The largest absolute Gasteiger partial charge is 0.466 e. The Balaban J connectivity index is 2.16. The Morgan fingerprint density at radius 2 is 2.19 bits per heavy atom. The SMILES string of the molecule is CCOC(=O)CCCNc1ncc(Br)cn1. The molecule has 0 atom stereocenters. The molecule has 1 N–H and O–H groups in total. The summed E-state index contributed by atoms with van der Waals surface area (Å²) in [6.07, 6.45) is 4.46. The van der Waals surface area contributed by atoms with E-state index in [-0.39, 0.29) is 5.97 Å². The van der Waals surface area contributed by atoms with Crippen LogP contribution in [0.5, 0.6) is 0 Å². The van der Waals surface area contributed by atoms with E-state index >= 15 is 0 Å². The highest BCUT2D eigenvalue weighted by molar-refractivity contribution is 9.10. The summed E-state index contributed by atoms with van der Waals surface area (Å²) in [6.45, 7) is 2.88. The van der Waals surface area contributed by atoms with Crippen LogP contribution in [0.3, 0.4) is 0 Å². The molecule has 6 heteroatoms. The fourth-order valence-electron chi connectivity index (χ4n) is 1.07. The summed E-state index contributed by atoms with van der Waals surface area (Å²) >= 11 is 3.25. The van der Waals surface area contributed by atoms with Crippen LogP contribution in [0.25, 0.3) is 0 Å². The zero-order valence-corrected chi connectivity index (χ0v) is 10.7. The number of carbonyl (C=O) groups excluding carboxylic acids is 1. The van der Waals surface area contributed by atoms with Crippen LogP contribution in [0.2, 0.25) is 0 Å². The molecule has 0 aliphatic heterocycles. The van der Waals surface area contributed by atoms with Crippen LogP contribution >= 0.6 is 15.9 Å². The molecule has 0 spiro atoms. The molecule has 0 saturated heterocycles. The molecule has 5 nitrogen and oxygen atoms in total. The van der Waals surface area contributed by atoms with Crippen LogP contribution in [0.4, 0.5) is 5.95 Å². The van der Waals surface area contributed by atoms with Crippen molar-refractivity contribution in [2.24, 2.45) is 0 Å². The molecule has 0 aliphatic rings. The summed E-state index contributed by atoms with van der Waals surface area (Å²) in [6, 6.07) is 0. The number of halogens is 1. The minimum Gasteiger partial charge on any atom is -0.466 e. The van der Waals surface area contributed by atoms with Crippen molar-refractivity contribution < 1.29 is 9.53 Å². The van der Waals surface area contributed by atoms with Crippen LogP contribution in [0.1, 0.15) is 19.8 Å². The number of nitrogens with one attached hydrogen (secondary N) is 1. The van der Waals surface area contributed by atoms with Gasteiger partial charge in [0.25, 0.3) is 0 Å². The second-order valence-corrected chi connectivity index (χ2v) is 3.98. The predicted molar refractivity (Wildman–Crippen MR) is 64.1 cm³/mol. The van der Waals surface area contributed by atoms with E-state index in [0.29, 0.717) is 31.9 Å². The number of nitrogens with zero attached hydrogens (tertiary/aromatic N) is 2. The quantitative estimate of drug-likeness (QED) is 0.640. The van der Waals surface area contributed by atoms with Gasteiger partial charge in [-0.25, -0.2) is 9.97 Å². The minimum absolute atomic E-state index is 0.166. The van der Waals surface area contributed by atoms with Crippen LogP contribution in [0.15, 0.2) is 16.9 Å². The molecule has 0 fully saturated rings. The molecule has 0 unspecified atom stereocenters. The van der Waals surface area contributed by atoms with Gasteiger partial charge in [0, 0.05) is 25.4 Å². The smallest absolute Gasteiger partial charge is 0.305 e. The summed E-state index contributed by atoms with van der Waals surface area (Å²) < 4.78 is 5.64. The first kappa shape index (κ1) is 12.9. The molecular formula is C10H14BrN3O2. The van der Waals surface area contributed by atoms with E-state index in [9.17, 15) is 4.79 Å². The fourth-order valence-corrected chi connectivity index (χ4v) is 1.27. The molecule has 0 aromatic carbocycles. The lowest BCUT2D eigenvalue weighted by Crippen LogP contribution is -2.09. The van der Waals surface area contributed by atoms with Crippen molar-refractivity contribution in [1.29, 1.82) is 0 Å². The van der Waals surface area contributed by atoms with Gasteiger partial charge in [0.05, 0.1) is 11.1 Å². The number of ether oxygens (including phenoxy) is 1. The Hall–Kier alpha value is -1.17. The van der Waals surface area contributed by atoms with Gasteiger partial charge >= 0.3 is 5.97 Å². The van der Waals surface area contributed by atoms with Crippen LogP contribution < -0.4 is 5.32 Å². The Labute approximate surface area is 103 Å². The second kappa shape index (κ2) is 7.16. The second-order valence-electron chi connectivity index (χ2n) is 3.06. The highest BCUT2D eigenvalue weighted by Crippen LogP contribution is 2.06. The van der Waals surface area contributed by atoms with E-state index in [4.69, 9.17) is 4.74 Å². The first-order valence-corrected chi connectivity index (χ1v) is 5.88. The maximum atomic E-state index is 11.0. The van der Waals surface area contributed by atoms with Crippen LogP contribution in [0, 0.1) is 0 Å². The van der Waals surface area contributed by atoms with Crippen LogP contribution in [-0.4, -0.2) is 29.1 Å². The van der Waals surface area contributed by atoms with Gasteiger partial charge in [0.1, 0.15) is 0 Å². The predicted octanol–water partition coefficient (Wildman–Crippen LogP) is 1.99. The summed E-state index contributed by atoms with van der Waals surface area (Å²) in [5.41, 5.74) is 0. The summed E-state index contributed by atoms with van der Waals surface area (Å²) in [5.74, 6) is 0.396. The average molecular weight is 288 g/mol. The molecule has 0 bridgehead atoms. The molecule has 1 rings (SSSR count). The third-order valence-electron chi connectivity index (χ3n) is 1.77. The number of hydrogen-bond acceptors (Lipinski definition) is 5. The van der Waals surface area contributed by atoms with Gasteiger partial charge in [-0.1, -0.05) is 0 Å². The number of rotatable bonds is 6. The summed E-state index contributed by atoms with van der Waals surface area (Å²) in [4.78, 5) is 19.1. The highest BCUT2D eigenvalue weighted by Gasteiger charge is 2.01. The van der Waals surface area contributed by atoms with Gasteiger partial charge < -0.3 is 10.1 Å². The molecule has 0 amide bonds. The van der Waals surface area contributed by atoms with Crippen molar-refractivity contribution >= 4 is 27.8 Å².